The lowest BCUT2D eigenvalue weighted by atomic mass is 9.99. The molecule has 0 bridgehead atoms. The molecule has 1 aliphatic rings. The fraction of sp³-hybridized carbons (Fsp3) is 0.333. The highest BCUT2D eigenvalue weighted by Gasteiger charge is 2.19. The molecule has 2 N–H and O–H groups in total. The zero-order valence-corrected chi connectivity index (χ0v) is 18.3. The second kappa shape index (κ2) is 10.1. The standard InChI is InChI=1S/C24H28N6O2/c1-18-25-12-14-30(18)22-9-8-19(15-27-22)16-28-24(32)26-11-4-7-23(31)29-13-10-20-5-2-3-6-21(20)17-29/h2-3,5-6,8-9,12,14-15H,4,7,10-11,13,16-17H2,1H3,(H2,26,28,32). The maximum absolute atomic E-state index is 12.5. The first-order valence-electron chi connectivity index (χ1n) is 10.9. The molecule has 3 heterocycles. The van der Waals surface area contributed by atoms with Crippen molar-refractivity contribution >= 4 is 11.9 Å². The van der Waals surface area contributed by atoms with Gasteiger partial charge in [0, 0.05) is 51.2 Å². The topological polar surface area (TPSA) is 92.2 Å². The van der Waals surface area contributed by atoms with Crippen LogP contribution < -0.4 is 10.6 Å². The number of carbonyl (C=O) groups excluding carboxylic acids is 2. The van der Waals surface area contributed by atoms with E-state index in [4.69, 9.17) is 0 Å². The van der Waals surface area contributed by atoms with Gasteiger partial charge in [-0.3, -0.25) is 9.36 Å². The predicted octanol–water partition coefficient (Wildman–Crippen LogP) is 2.74. The van der Waals surface area contributed by atoms with Crippen LogP contribution in [0.3, 0.4) is 0 Å². The van der Waals surface area contributed by atoms with Gasteiger partial charge in [0.25, 0.3) is 0 Å². The summed E-state index contributed by atoms with van der Waals surface area (Å²) in [5, 5.41) is 5.64. The Morgan fingerprint density at radius 3 is 2.66 bits per heavy atom. The number of aromatic nitrogens is 3. The molecule has 3 aromatic rings. The second-order valence-corrected chi connectivity index (χ2v) is 7.92. The Labute approximate surface area is 187 Å². The summed E-state index contributed by atoms with van der Waals surface area (Å²) in [5.74, 6) is 1.79. The fourth-order valence-corrected chi connectivity index (χ4v) is 3.84. The van der Waals surface area contributed by atoms with E-state index in [9.17, 15) is 9.59 Å². The number of urea groups is 1. The minimum atomic E-state index is -0.251. The number of aryl methyl sites for hydroxylation is 1. The largest absolute Gasteiger partial charge is 0.338 e. The van der Waals surface area contributed by atoms with E-state index >= 15 is 0 Å². The van der Waals surface area contributed by atoms with Crippen LogP contribution in [-0.4, -0.2) is 44.5 Å². The molecule has 4 rings (SSSR count). The number of pyridine rings is 1. The summed E-state index contributed by atoms with van der Waals surface area (Å²) in [5.41, 5.74) is 3.46. The molecule has 8 nitrogen and oxygen atoms in total. The van der Waals surface area contributed by atoms with Crippen LogP contribution in [0.1, 0.15) is 35.4 Å². The van der Waals surface area contributed by atoms with Crippen molar-refractivity contribution in [3.8, 4) is 5.82 Å². The number of benzene rings is 1. The highest BCUT2D eigenvalue weighted by molar-refractivity contribution is 5.77. The summed E-state index contributed by atoms with van der Waals surface area (Å²) >= 11 is 0. The van der Waals surface area contributed by atoms with Gasteiger partial charge >= 0.3 is 6.03 Å². The first kappa shape index (κ1) is 21.5. The SMILES string of the molecule is Cc1nccn1-c1ccc(CNC(=O)NCCCC(=O)N2CCc3ccccc3C2)cn1. The minimum absolute atomic E-state index is 0.140. The van der Waals surface area contributed by atoms with Gasteiger partial charge in [-0.05, 0) is 42.5 Å². The van der Waals surface area contributed by atoms with Gasteiger partial charge in [-0.25, -0.2) is 14.8 Å². The fourth-order valence-electron chi connectivity index (χ4n) is 3.84. The Hall–Kier alpha value is -3.68. The minimum Gasteiger partial charge on any atom is -0.338 e. The molecule has 0 spiro atoms. The third kappa shape index (κ3) is 5.32. The van der Waals surface area contributed by atoms with Gasteiger partial charge in [0.05, 0.1) is 0 Å². The number of carbonyl (C=O) groups is 2. The van der Waals surface area contributed by atoms with E-state index in [0.717, 1.165) is 30.2 Å². The van der Waals surface area contributed by atoms with Crippen molar-refractivity contribution in [1.29, 1.82) is 0 Å². The van der Waals surface area contributed by atoms with Crippen molar-refractivity contribution in [3.05, 3.63) is 77.5 Å². The van der Waals surface area contributed by atoms with Gasteiger partial charge in [0.1, 0.15) is 11.6 Å². The van der Waals surface area contributed by atoms with Crippen molar-refractivity contribution in [2.75, 3.05) is 13.1 Å². The molecule has 3 amide bonds. The second-order valence-electron chi connectivity index (χ2n) is 7.92. The van der Waals surface area contributed by atoms with Gasteiger partial charge < -0.3 is 15.5 Å². The van der Waals surface area contributed by atoms with E-state index in [1.54, 1.807) is 12.4 Å². The Balaban J connectivity index is 1.14. The molecular weight excluding hydrogens is 404 g/mol. The molecule has 32 heavy (non-hydrogen) atoms. The average molecular weight is 433 g/mol. The molecule has 2 aromatic heterocycles. The lowest BCUT2D eigenvalue weighted by Gasteiger charge is -2.29. The average Bonchev–Trinajstić information content (AvgIpc) is 3.26. The maximum atomic E-state index is 12.5. The lowest BCUT2D eigenvalue weighted by molar-refractivity contribution is -0.132. The molecular formula is C24H28N6O2. The third-order valence-corrected chi connectivity index (χ3v) is 5.67. The summed E-state index contributed by atoms with van der Waals surface area (Å²) < 4.78 is 1.90. The van der Waals surface area contributed by atoms with Gasteiger partial charge in [-0.1, -0.05) is 30.3 Å². The molecule has 166 valence electrons. The van der Waals surface area contributed by atoms with Gasteiger partial charge in [0.15, 0.2) is 0 Å². The normalized spacial score (nSPS) is 12.8. The highest BCUT2D eigenvalue weighted by Crippen LogP contribution is 2.19. The Morgan fingerprint density at radius 1 is 1.06 bits per heavy atom. The van der Waals surface area contributed by atoms with Crippen molar-refractivity contribution in [2.45, 2.75) is 39.3 Å². The number of nitrogens with zero attached hydrogens (tertiary/aromatic N) is 4. The number of hydrogen-bond donors (Lipinski definition) is 2. The monoisotopic (exact) mass is 432 g/mol. The molecule has 0 saturated carbocycles. The van der Waals surface area contributed by atoms with Crippen LogP contribution in [-0.2, 0) is 24.3 Å². The van der Waals surface area contributed by atoms with E-state index in [0.29, 0.717) is 32.5 Å². The van der Waals surface area contributed by atoms with Crippen molar-refractivity contribution in [1.82, 2.24) is 30.1 Å². The first-order chi connectivity index (χ1) is 15.6. The van der Waals surface area contributed by atoms with E-state index in [2.05, 4.69) is 32.7 Å². The third-order valence-electron chi connectivity index (χ3n) is 5.67. The smallest absolute Gasteiger partial charge is 0.315 e. The quantitative estimate of drug-likeness (QED) is 0.562. The summed E-state index contributed by atoms with van der Waals surface area (Å²) in [6.07, 6.45) is 7.28. The highest BCUT2D eigenvalue weighted by atomic mass is 16.2. The molecule has 8 heteroatoms. The summed E-state index contributed by atoms with van der Waals surface area (Å²) in [6, 6.07) is 11.8. The van der Waals surface area contributed by atoms with Gasteiger partial charge in [0.2, 0.25) is 5.91 Å². The van der Waals surface area contributed by atoms with Crippen LogP contribution in [0.5, 0.6) is 0 Å². The molecule has 0 aliphatic carbocycles. The van der Waals surface area contributed by atoms with Crippen LogP contribution in [0.25, 0.3) is 5.82 Å². The summed E-state index contributed by atoms with van der Waals surface area (Å²) in [6.45, 7) is 4.20. The van der Waals surface area contributed by atoms with Crippen molar-refractivity contribution < 1.29 is 9.59 Å². The molecule has 0 atom stereocenters. The van der Waals surface area contributed by atoms with Crippen LogP contribution in [0.4, 0.5) is 4.79 Å². The first-order valence-corrected chi connectivity index (χ1v) is 10.9. The van der Waals surface area contributed by atoms with Crippen LogP contribution in [0, 0.1) is 6.92 Å². The number of amides is 3. The number of fused-ring (bicyclic) bond motifs is 1. The summed E-state index contributed by atoms with van der Waals surface area (Å²) in [4.78, 5) is 35.1. The number of rotatable bonds is 7. The predicted molar refractivity (Wildman–Crippen MR) is 121 cm³/mol. The van der Waals surface area contributed by atoms with Crippen molar-refractivity contribution in [2.24, 2.45) is 0 Å². The molecule has 0 fully saturated rings. The number of imidazole rings is 1. The van der Waals surface area contributed by atoms with Crippen LogP contribution >= 0.6 is 0 Å². The Bertz CT molecular complexity index is 1080. The zero-order chi connectivity index (χ0) is 22.3. The Morgan fingerprint density at radius 2 is 1.91 bits per heavy atom. The van der Waals surface area contributed by atoms with Gasteiger partial charge in [-0.2, -0.15) is 0 Å². The number of nitrogens with one attached hydrogen (secondary N) is 2. The molecule has 0 unspecified atom stereocenters. The maximum Gasteiger partial charge on any atom is 0.315 e. The van der Waals surface area contributed by atoms with Gasteiger partial charge in [-0.15, -0.1) is 0 Å². The van der Waals surface area contributed by atoms with Crippen LogP contribution in [0.2, 0.25) is 0 Å². The van der Waals surface area contributed by atoms with E-state index in [1.165, 1.54) is 11.1 Å². The molecule has 0 radical (unpaired) electrons. The number of hydrogen-bond acceptors (Lipinski definition) is 4. The molecule has 1 aromatic carbocycles. The molecule has 0 saturated heterocycles. The van der Waals surface area contributed by atoms with Crippen molar-refractivity contribution in [3.63, 3.8) is 0 Å². The zero-order valence-electron chi connectivity index (χ0n) is 18.3. The molecule has 1 aliphatic heterocycles. The lowest BCUT2D eigenvalue weighted by Crippen LogP contribution is -2.37. The van der Waals surface area contributed by atoms with Crippen LogP contribution in [0.15, 0.2) is 55.0 Å². The van der Waals surface area contributed by atoms with E-state index < -0.39 is 0 Å². The van der Waals surface area contributed by atoms with E-state index in [-0.39, 0.29) is 11.9 Å². The van der Waals surface area contributed by atoms with E-state index in [1.807, 2.05) is 46.9 Å². The summed E-state index contributed by atoms with van der Waals surface area (Å²) in [7, 11) is 0. The Kier molecular flexibility index (Phi) is 6.79.